The molecule has 120 valence electrons. The zero-order valence-corrected chi connectivity index (χ0v) is 17.0. The van der Waals surface area contributed by atoms with Crippen molar-refractivity contribution in [2.45, 2.75) is 65.4 Å². The summed E-state index contributed by atoms with van der Waals surface area (Å²) in [5, 5.41) is 11.2. The summed E-state index contributed by atoms with van der Waals surface area (Å²) < 4.78 is 1.73. The van der Waals surface area contributed by atoms with Crippen molar-refractivity contribution >= 4 is 3.90 Å². The van der Waals surface area contributed by atoms with Crippen molar-refractivity contribution in [1.82, 2.24) is 0 Å². The van der Waals surface area contributed by atoms with Crippen LogP contribution in [0.3, 0.4) is 0 Å². The molecule has 6 unspecified atom stereocenters. The Hall–Kier alpha value is -0.00169. The molecule has 4 aliphatic carbocycles. The van der Waals surface area contributed by atoms with E-state index in [4.69, 9.17) is 0 Å². The summed E-state index contributed by atoms with van der Waals surface area (Å²) >= 11 is 1.67. The normalized spacial score (nSPS) is 50.6. The van der Waals surface area contributed by atoms with E-state index in [2.05, 4.69) is 32.9 Å². The molecule has 0 aromatic carbocycles. The molecule has 0 aromatic heterocycles. The summed E-state index contributed by atoms with van der Waals surface area (Å²) in [7, 11) is 0. The van der Waals surface area contributed by atoms with Gasteiger partial charge < -0.3 is 0 Å². The second-order valence-corrected chi connectivity index (χ2v) is 10.5. The van der Waals surface area contributed by atoms with Crippen LogP contribution in [0.4, 0.5) is 0 Å². The van der Waals surface area contributed by atoms with Gasteiger partial charge in [-0.1, -0.05) is 0 Å². The first-order valence-electron chi connectivity index (χ1n) is 8.95. The van der Waals surface area contributed by atoms with E-state index in [0.29, 0.717) is 17.3 Å². The fraction of sp³-hybridized carbons (Fsp3) is 0.750. The topological polar surface area (TPSA) is 20.2 Å². The van der Waals surface area contributed by atoms with Gasteiger partial charge in [0.05, 0.1) is 0 Å². The first-order valence-corrected chi connectivity index (χ1v) is 10.4. The molecule has 0 radical (unpaired) electrons. The molecule has 2 saturated carbocycles. The van der Waals surface area contributed by atoms with Crippen molar-refractivity contribution in [2.24, 2.45) is 28.6 Å². The number of hydrogen-bond donors (Lipinski definition) is 1. The average Bonchev–Trinajstić information content (AvgIpc) is 2.75. The first-order chi connectivity index (χ1) is 10.4. The van der Waals surface area contributed by atoms with E-state index >= 15 is 0 Å². The molecule has 2 heteroatoms. The van der Waals surface area contributed by atoms with Crippen LogP contribution in [-0.4, -0.2) is 15.1 Å². The fourth-order valence-electron chi connectivity index (χ4n) is 6.37. The van der Waals surface area contributed by atoms with Gasteiger partial charge in [0.25, 0.3) is 0 Å². The van der Waals surface area contributed by atoms with Gasteiger partial charge in [-0.3, -0.25) is 0 Å². The Morgan fingerprint density at radius 1 is 1.23 bits per heavy atom. The first kappa shape index (κ1) is 15.5. The van der Waals surface area contributed by atoms with E-state index in [0.717, 1.165) is 12.3 Å². The Bertz CT molecular complexity index is 589. The van der Waals surface area contributed by atoms with Crippen molar-refractivity contribution in [2.75, 3.05) is 0 Å². The van der Waals surface area contributed by atoms with Crippen molar-refractivity contribution in [3.05, 3.63) is 23.3 Å². The van der Waals surface area contributed by atoms with Crippen LogP contribution < -0.4 is 0 Å². The minimum absolute atomic E-state index is 0.112. The fourth-order valence-corrected chi connectivity index (χ4v) is 7.64. The molecule has 6 atom stereocenters. The summed E-state index contributed by atoms with van der Waals surface area (Å²) in [6, 6.07) is 0. The average molecular weight is 468 g/mol. The maximum absolute atomic E-state index is 11.2. The van der Waals surface area contributed by atoms with Gasteiger partial charge in [-0.05, 0) is 0 Å². The molecule has 22 heavy (non-hydrogen) atoms. The van der Waals surface area contributed by atoms with Gasteiger partial charge in [0, 0.05) is 0 Å². The number of allylic oxidation sites excluding steroid dienone is 4. The van der Waals surface area contributed by atoms with Gasteiger partial charge in [0.15, 0.2) is 0 Å². The molecule has 0 heterocycles. The second kappa shape index (κ2) is 5.00. The standard InChI is InChI=1S/C20H28O.W/c1-13-8-10-20(3)14(11-13)6-7-15-16-5-4-9-19(16,2)12-17(21)18(15)20;/h6,11,15-18,21H,4-5,7-8,10,12H2,1-3H3;. The van der Waals surface area contributed by atoms with E-state index < -0.39 is 0 Å². The number of fused-ring (bicyclic) bond motifs is 5. The molecule has 0 bridgehead atoms. The zero-order valence-electron chi connectivity index (χ0n) is 14.1. The summed E-state index contributed by atoms with van der Waals surface area (Å²) in [6.07, 6.45) is 12.2. The molecule has 0 amide bonds. The summed E-state index contributed by atoms with van der Waals surface area (Å²) in [5.41, 5.74) is 3.60. The van der Waals surface area contributed by atoms with Crippen LogP contribution in [0.25, 0.3) is 0 Å². The Labute approximate surface area is 145 Å². The van der Waals surface area contributed by atoms with Gasteiger partial charge in [0.1, 0.15) is 0 Å². The summed E-state index contributed by atoms with van der Waals surface area (Å²) in [6.45, 7) is 7.17. The van der Waals surface area contributed by atoms with Crippen LogP contribution in [0.1, 0.15) is 59.3 Å². The van der Waals surface area contributed by atoms with E-state index in [1.54, 1.807) is 23.3 Å². The third-order valence-electron chi connectivity index (χ3n) is 7.61. The second-order valence-electron chi connectivity index (χ2n) is 8.75. The molecule has 2 fully saturated rings. The Morgan fingerprint density at radius 2 is 2.00 bits per heavy atom. The number of rotatable bonds is 0. The van der Waals surface area contributed by atoms with Crippen LogP contribution >= 0.6 is 0 Å². The molecule has 4 aliphatic rings. The SMILES string of the molecule is CC1=CC2=CCC3C4CC[C](=[W])C4(C)CC(O)C3C2(C)CC1. The van der Waals surface area contributed by atoms with Crippen molar-refractivity contribution < 1.29 is 24.5 Å². The monoisotopic (exact) mass is 468 g/mol. The third-order valence-corrected chi connectivity index (χ3v) is 10.0. The Kier molecular flexibility index (Phi) is 3.52. The number of aliphatic hydroxyl groups excluding tert-OH is 1. The molecule has 0 aromatic rings. The molecule has 0 spiro atoms. The molecule has 0 aliphatic heterocycles. The van der Waals surface area contributed by atoms with Gasteiger partial charge >= 0.3 is 146 Å². The maximum atomic E-state index is 11.2. The van der Waals surface area contributed by atoms with Crippen LogP contribution in [0.2, 0.25) is 0 Å². The number of aliphatic hydroxyl groups is 1. The van der Waals surface area contributed by atoms with Gasteiger partial charge in [-0.25, -0.2) is 0 Å². The van der Waals surface area contributed by atoms with E-state index in [1.165, 1.54) is 43.3 Å². The molecule has 1 nitrogen and oxygen atoms in total. The van der Waals surface area contributed by atoms with Gasteiger partial charge in [-0.2, -0.15) is 0 Å². The number of hydrogen-bond acceptors (Lipinski definition) is 1. The zero-order chi connectivity index (χ0) is 15.7. The quantitative estimate of drug-likeness (QED) is 0.566. The molecular weight excluding hydrogens is 440 g/mol. The van der Waals surface area contributed by atoms with Crippen molar-refractivity contribution in [3.8, 4) is 0 Å². The van der Waals surface area contributed by atoms with E-state index in [-0.39, 0.29) is 11.5 Å². The third kappa shape index (κ3) is 1.94. The molecule has 1 N–H and O–H groups in total. The molecular formula is C20H28OW. The molecule has 0 saturated heterocycles. The summed E-state index contributed by atoms with van der Waals surface area (Å²) in [5.74, 6) is 2.00. The van der Waals surface area contributed by atoms with E-state index in [9.17, 15) is 5.11 Å². The van der Waals surface area contributed by atoms with Gasteiger partial charge in [0.2, 0.25) is 0 Å². The molecule has 4 rings (SSSR count). The van der Waals surface area contributed by atoms with Crippen LogP contribution in [0.15, 0.2) is 23.3 Å². The minimum atomic E-state index is -0.112. The van der Waals surface area contributed by atoms with Crippen molar-refractivity contribution in [1.29, 1.82) is 0 Å². The predicted octanol–water partition coefficient (Wildman–Crippen LogP) is 4.20. The Balaban J connectivity index is 1.78. The Morgan fingerprint density at radius 3 is 2.77 bits per heavy atom. The van der Waals surface area contributed by atoms with Crippen LogP contribution in [0.5, 0.6) is 0 Å². The van der Waals surface area contributed by atoms with E-state index in [1.807, 2.05) is 0 Å². The summed E-state index contributed by atoms with van der Waals surface area (Å²) in [4.78, 5) is 0. The van der Waals surface area contributed by atoms with Crippen LogP contribution in [0, 0.1) is 28.6 Å². The van der Waals surface area contributed by atoms with Crippen molar-refractivity contribution in [3.63, 3.8) is 0 Å². The van der Waals surface area contributed by atoms with Crippen LogP contribution in [-0.2, 0) is 19.4 Å². The van der Waals surface area contributed by atoms with Gasteiger partial charge in [-0.15, -0.1) is 0 Å². The predicted molar refractivity (Wildman–Crippen MR) is 87.2 cm³/mol.